The Bertz CT molecular complexity index is 1370. The highest BCUT2D eigenvalue weighted by molar-refractivity contribution is 6.07. The molecule has 9 heteroatoms. The molecular formula is C25H26N6O3. The molecule has 34 heavy (non-hydrogen) atoms. The quantitative estimate of drug-likeness (QED) is 0.408. The SMILES string of the molecule is Cn1nc(Nc2c(-c3ccncc3OCC3CCCO3)[nH]c3c2C(=O)NCC3)c2ccccc21. The first-order chi connectivity index (χ1) is 16.7. The van der Waals surface area contributed by atoms with Crippen molar-refractivity contribution in [1.82, 2.24) is 25.1 Å². The number of ether oxygens (including phenoxy) is 2. The van der Waals surface area contributed by atoms with E-state index in [9.17, 15) is 4.79 Å². The van der Waals surface area contributed by atoms with Gasteiger partial charge in [-0.15, -0.1) is 0 Å². The van der Waals surface area contributed by atoms with E-state index in [4.69, 9.17) is 9.47 Å². The lowest BCUT2D eigenvalue weighted by molar-refractivity contribution is 0.0680. The molecule has 2 aliphatic rings. The fourth-order valence-corrected chi connectivity index (χ4v) is 4.79. The number of hydrogen-bond donors (Lipinski definition) is 3. The van der Waals surface area contributed by atoms with Gasteiger partial charge >= 0.3 is 0 Å². The minimum Gasteiger partial charge on any atom is -0.489 e. The zero-order chi connectivity index (χ0) is 23.1. The smallest absolute Gasteiger partial charge is 0.255 e. The molecule has 1 saturated heterocycles. The molecule has 0 radical (unpaired) electrons. The van der Waals surface area contributed by atoms with Crippen molar-refractivity contribution in [1.29, 1.82) is 0 Å². The summed E-state index contributed by atoms with van der Waals surface area (Å²) >= 11 is 0. The third-order valence-electron chi connectivity index (χ3n) is 6.47. The van der Waals surface area contributed by atoms with Crippen molar-refractivity contribution in [3.8, 4) is 17.0 Å². The maximum absolute atomic E-state index is 12.9. The van der Waals surface area contributed by atoms with Crippen molar-refractivity contribution in [3.05, 3.63) is 54.0 Å². The lowest BCUT2D eigenvalue weighted by Gasteiger charge is -2.16. The molecule has 174 valence electrons. The highest BCUT2D eigenvalue weighted by Crippen LogP contribution is 2.41. The Labute approximate surface area is 196 Å². The van der Waals surface area contributed by atoms with Crippen LogP contribution in [0.2, 0.25) is 0 Å². The van der Waals surface area contributed by atoms with Crippen LogP contribution in [0.25, 0.3) is 22.2 Å². The Morgan fingerprint density at radius 3 is 3.09 bits per heavy atom. The van der Waals surface area contributed by atoms with E-state index in [1.807, 2.05) is 42.1 Å². The first-order valence-corrected chi connectivity index (χ1v) is 11.6. The summed E-state index contributed by atoms with van der Waals surface area (Å²) in [6, 6.07) is 9.91. The maximum atomic E-state index is 12.9. The van der Waals surface area contributed by atoms with Crippen LogP contribution in [0.4, 0.5) is 11.5 Å². The number of pyridine rings is 1. The summed E-state index contributed by atoms with van der Waals surface area (Å²) in [7, 11) is 1.91. The second-order valence-corrected chi connectivity index (χ2v) is 8.67. The van der Waals surface area contributed by atoms with Gasteiger partial charge in [0, 0.05) is 49.5 Å². The van der Waals surface area contributed by atoms with Crippen LogP contribution in [0.5, 0.6) is 5.75 Å². The van der Waals surface area contributed by atoms with Gasteiger partial charge in [-0.05, 0) is 31.0 Å². The largest absolute Gasteiger partial charge is 0.489 e. The van der Waals surface area contributed by atoms with Gasteiger partial charge in [0.25, 0.3) is 5.91 Å². The molecule has 5 heterocycles. The van der Waals surface area contributed by atoms with Crippen molar-refractivity contribution < 1.29 is 14.3 Å². The normalized spacial score (nSPS) is 17.6. The van der Waals surface area contributed by atoms with Crippen LogP contribution in [-0.4, -0.2) is 51.5 Å². The van der Waals surface area contributed by atoms with Crippen LogP contribution in [-0.2, 0) is 18.2 Å². The molecule has 6 rings (SSSR count). The molecule has 9 nitrogen and oxygen atoms in total. The molecule has 0 bridgehead atoms. The molecule has 0 spiro atoms. The fourth-order valence-electron chi connectivity index (χ4n) is 4.79. The number of anilines is 2. The van der Waals surface area contributed by atoms with Gasteiger partial charge in [-0.1, -0.05) is 12.1 Å². The van der Waals surface area contributed by atoms with Crippen LogP contribution < -0.4 is 15.4 Å². The van der Waals surface area contributed by atoms with Crippen LogP contribution in [0, 0.1) is 0 Å². The molecule has 1 atom stereocenters. The van der Waals surface area contributed by atoms with Gasteiger partial charge in [-0.25, -0.2) is 0 Å². The molecule has 0 saturated carbocycles. The first-order valence-electron chi connectivity index (χ1n) is 11.6. The topological polar surface area (TPSA) is 106 Å². The predicted molar refractivity (Wildman–Crippen MR) is 129 cm³/mol. The van der Waals surface area contributed by atoms with E-state index in [2.05, 4.69) is 25.7 Å². The fraction of sp³-hybridized carbons (Fsp3) is 0.320. The summed E-state index contributed by atoms with van der Waals surface area (Å²) in [5, 5.41) is 12.1. The zero-order valence-electron chi connectivity index (χ0n) is 18.9. The zero-order valence-corrected chi connectivity index (χ0v) is 18.9. The number of benzene rings is 1. The molecule has 1 amide bonds. The van der Waals surface area contributed by atoms with E-state index in [1.165, 1.54) is 0 Å². The van der Waals surface area contributed by atoms with Crippen molar-refractivity contribution in [2.45, 2.75) is 25.4 Å². The second kappa shape index (κ2) is 8.49. The van der Waals surface area contributed by atoms with Gasteiger partial charge in [0.1, 0.15) is 12.4 Å². The Kier molecular flexibility index (Phi) is 5.18. The molecule has 1 aromatic carbocycles. The molecule has 1 fully saturated rings. The lowest BCUT2D eigenvalue weighted by Crippen LogP contribution is -2.31. The van der Waals surface area contributed by atoms with Crippen LogP contribution in [0.3, 0.4) is 0 Å². The summed E-state index contributed by atoms with van der Waals surface area (Å²) < 4.78 is 13.7. The van der Waals surface area contributed by atoms with Gasteiger partial charge in [0.05, 0.1) is 34.8 Å². The number of hydrogen-bond acceptors (Lipinski definition) is 6. The van der Waals surface area contributed by atoms with Gasteiger partial charge in [-0.2, -0.15) is 5.10 Å². The van der Waals surface area contributed by atoms with E-state index < -0.39 is 0 Å². The van der Waals surface area contributed by atoms with Crippen LogP contribution in [0.15, 0.2) is 42.7 Å². The Morgan fingerprint density at radius 1 is 1.29 bits per heavy atom. The van der Waals surface area contributed by atoms with Crippen molar-refractivity contribution in [3.63, 3.8) is 0 Å². The molecule has 1 unspecified atom stereocenters. The number of nitrogens with zero attached hydrogens (tertiary/aromatic N) is 3. The maximum Gasteiger partial charge on any atom is 0.255 e. The highest BCUT2D eigenvalue weighted by Gasteiger charge is 2.29. The Balaban J connectivity index is 1.44. The van der Waals surface area contributed by atoms with Crippen molar-refractivity contribution >= 4 is 28.3 Å². The molecule has 3 N–H and O–H groups in total. The van der Waals surface area contributed by atoms with Gasteiger partial charge in [-0.3, -0.25) is 14.5 Å². The van der Waals surface area contributed by atoms with Gasteiger partial charge < -0.3 is 25.1 Å². The minimum absolute atomic E-state index is 0.0909. The Hall–Kier alpha value is -3.85. The van der Waals surface area contributed by atoms with E-state index in [0.717, 1.165) is 53.7 Å². The average molecular weight is 459 g/mol. The van der Waals surface area contributed by atoms with Gasteiger partial charge in [0.2, 0.25) is 0 Å². The number of fused-ring (bicyclic) bond motifs is 2. The van der Waals surface area contributed by atoms with E-state index in [0.29, 0.717) is 36.0 Å². The standard InChI is InChI=1S/C25H26N6O3/c1-31-19-7-3-2-6-16(19)24(30-31)29-23-21-18(9-11-27-25(21)32)28-22(23)17-8-10-26-13-20(17)34-14-15-5-4-12-33-15/h2-3,6-8,10,13,15,28H,4-5,9,11-12,14H2,1H3,(H,27,32)(H,29,30). The predicted octanol–water partition coefficient (Wildman–Crippen LogP) is 3.55. The number of carbonyl (C=O) groups is 1. The number of rotatable bonds is 6. The number of H-pyrrole nitrogens is 1. The summed E-state index contributed by atoms with van der Waals surface area (Å²) in [4.78, 5) is 20.7. The lowest BCUT2D eigenvalue weighted by atomic mass is 10.1. The number of para-hydroxylation sites is 1. The Morgan fingerprint density at radius 2 is 2.21 bits per heavy atom. The third-order valence-corrected chi connectivity index (χ3v) is 6.47. The van der Waals surface area contributed by atoms with Crippen molar-refractivity contribution in [2.75, 3.05) is 25.1 Å². The van der Waals surface area contributed by atoms with Gasteiger partial charge in [0.15, 0.2) is 5.82 Å². The second-order valence-electron chi connectivity index (χ2n) is 8.67. The van der Waals surface area contributed by atoms with E-state index >= 15 is 0 Å². The summed E-state index contributed by atoms with van der Waals surface area (Å²) in [6.45, 7) is 1.84. The molecule has 3 aromatic heterocycles. The number of amides is 1. The monoisotopic (exact) mass is 458 g/mol. The van der Waals surface area contributed by atoms with Crippen molar-refractivity contribution in [2.24, 2.45) is 7.05 Å². The number of carbonyl (C=O) groups excluding carboxylic acids is 1. The van der Waals surface area contributed by atoms with E-state index in [-0.39, 0.29) is 12.0 Å². The van der Waals surface area contributed by atoms with Crippen LogP contribution >= 0.6 is 0 Å². The highest BCUT2D eigenvalue weighted by atomic mass is 16.5. The third kappa shape index (κ3) is 3.58. The first kappa shape index (κ1) is 20.7. The van der Waals surface area contributed by atoms with E-state index in [1.54, 1.807) is 12.4 Å². The summed E-state index contributed by atoms with van der Waals surface area (Å²) in [6.07, 6.45) is 6.30. The summed E-state index contributed by atoms with van der Waals surface area (Å²) in [5.74, 6) is 1.23. The number of nitrogens with one attached hydrogen (secondary N) is 3. The number of aromatic nitrogens is 4. The molecule has 4 aromatic rings. The summed E-state index contributed by atoms with van der Waals surface area (Å²) in [5.41, 5.74) is 4.80. The average Bonchev–Trinajstić information content (AvgIpc) is 3.58. The number of aromatic amines is 1. The molecule has 2 aliphatic heterocycles. The minimum atomic E-state index is -0.109. The van der Waals surface area contributed by atoms with Crippen LogP contribution in [0.1, 0.15) is 28.9 Å². The number of aryl methyl sites for hydroxylation is 1. The molecular weight excluding hydrogens is 432 g/mol. The molecule has 0 aliphatic carbocycles.